The highest BCUT2D eigenvalue weighted by Crippen LogP contribution is 2.38. The molecule has 5 rings (SSSR count). The molecule has 2 aliphatic rings. The van der Waals surface area contributed by atoms with Crippen molar-refractivity contribution in [1.82, 2.24) is 0 Å². The molecule has 1 saturated heterocycles. The van der Waals surface area contributed by atoms with Crippen LogP contribution in [0, 0.1) is 6.92 Å². The summed E-state index contributed by atoms with van der Waals surface area (Å²) in [5, 5.41) is 0.647. The zero-order valence-corrected chi connectivity index (χ0v) is 19.8. The predicted octanol–water partition coefficient (Wildman–Crippen LogP) is 5.45. The van der Waals surface area contributed by atoms with E-state index in [0.29, 0.717) is 35.6 Å². The molecule has 7 heteroatoms. The minimum Gasteiger partial charge on any atom is -0.497 e. The Balaban J connectivity index is 1.46. The summed E-state index contributed by atoms with van der Waals surface area (Å²) in [4.78, 5) is 20.6. The van der Waals surface area contributed by atoms with Crippen molar-refractivity contribution >= 4 is 34.6 Å². The lowest BCUT2D eigenvalue weighted by Crippen LogP contribution is -2.28. The Morgan fingerprint density at radius 1 is 1.00 bits per heavy atom. The van der Waals surface area contributed by atoms with Crippen molar-refractivity contribution in [1.29, 1.82) is 0 Å². The summed E-state index contributed by atoms with van der Waals surface area (Å²) >= 11 is 1.38. The molecule has 3 aromatic rings. The number of aryl methyl sites for hydroxylation is 1. The summed E-state index contributed by atoms with van der Waals surface area (Å²) in [7, 11) is 1.64. The molecule has 0 N–H and O–H groups in total. The molecular weight excluding hydrogens is 448 g/mol. The van der Waals surface area contributed by atoms with E-state index in [0.717, 1.165) is 33.9 Å². The van der Waals surface area contributed by atoms with Crippen molar-refractivity contribution in [2.24, 2.45) is 4.99 Å². The summed E-state index contributed by atoms with van der Waals surface area (Å²) in [6, 6.07) is 21.4. The van der Waals surface area contributed by atoms with E-state index in [4.69, 9.17) is 19.2 Å². The lowest BCUT2D eigenvalue weighted by atomic mass is 10.1. The summed E-state index contributed by atoms with van der Waals surface area (Å²) in [5.74, 6) is 2.12. The topological polar surface area (TPSA) is 60.4 Å². The first-order valence-electron chi connectivity index (χ1n) is 11.0. The molecule has 2 heterocycles. The molecule has 0 saturated carbocycles. The summed E-state index contributed by atoms with van der Waals surface area (Å²) in [6.07, 6.45) is 1.88. The van der Waals surface area contributed by atoms with E-state index in [2.05, 4.69) is 0 Å². The number of benzene rings is 3. The Kier molecular flexibility index (Phi) is 6.27. The number of carbonyl (C=O) groups is 1. The van der Waals surface area contributed by atoms with E-state index < -0.39 is 0 Å². The second-order valence-electron chi connectivity index (χ2n) is 7.94. The lowest BCUT2D eigenvalue weighted by Gasteiger charge is -2.18. The first kappa shape index (κ1) is 22.1. The number of aliphatic imine (C=N–C) groups is 1. The summed E-state index contributed by atoms with van der Waals surface area (Å²) in [6.45, 7) is 3.54. The molecule has 0 aromatic heterocycles. The van der Waals surface area contributed by atoms with Gasteiger partial charge >= 0.3 is 0 Å². The van der Waals surface area contributed by atoms with Crippen molar-refractivity contribution in [3.05, 3.63) is 88.3 Å². The molecule has 2 aliphatic heterocycles. The number of carbonyl (C=O) groups excluding carboxylic acids is 1. The van der Waals surface area contributed by atoms with Crippen molar-refractivity contribution in [2.45, 2.75) is 13.5 Å². The molecule has 0 bridgehead atoms. The minimum absolute atomic E-state index is 0.0998. The van der Waals surface area contributed by atoms with Crippen molar-refractivity contribution in [3.63, 3.8) is 0 Å². The third-order valence-electron chi connectivity index (χ3n) is 5.52. The first-order valence-corrected chi connectivity index (χ1v) is 11.8. The van der Waals surface area contributed by atoms with E-state index in [1.54, 1.807) is 12.0 Å². The number of anilines is 1. The largest absolute Gasteiger partial charge is 0.497 e. The van der Waals surface area contributed by atoms with Gasteiger partial charge in [0.15, 0.2) is 16.7 Å². The van der Waals surface area contributed by atoms with Crippen molar-refractivity contribution < 1.29 is 19.0 Å². The fourth-order valence-electron chi connectivity index (χ4n) is 3.69. The van der Waals surface area contributed by atoms with Crippen LogP contribution < -0.4 is 19.1 Å². The normalized spacial score (nSPS) is 17.5. The number of nitrogens with zero attached hydrogens (tertiary/aromatic N) is 2. The van der Waals surface area contributed by atoms with Gasteiger partial charge in [0, 0.05) is 0 Å². The summed E-state index contributed by atoms with van der Waals surface area (Å²) < 4.78 is 16.5. The van der Waals surface area contributed by atoms with Gasteiger partial charge in [0.25, 0.3) is 5.91 Å². The lowest BCUT2D eigenvalue weighted by molar-refractivity contribution is -0.113. The molecule has 3 aromatic carbocycles. The van der Waals surface area contributed by atoms with Gasteiger partial charge in [-0.2, -0.15) is 0 Å². The van der Waals surface area contributed by atoms with E-state index in [1.807, 2.05) is 79.7 Å². The molecule has 1 amide bonds. The van der Waals surface area contributed by atoms with E-state index in [-0.39, 0.29) is 5.91 Å². The monoisotopic (exact) mass is 472 g/mol. The number of rotatable bonds is 5. The molecule has 1 fully saturated rings. The van der Waals surface area contributed by atoms with Crippen LogP contribution in [0.15, 0.2) is 76.6 Å². The highest BCUT2D eigenvalue weighted by atomic mass is 32.2. The molecule has 0 aliphatic carbocycles. The Hall–Kier alpha value is -3.71. The first-order chi connectivity index (χ1) is 16.6. The number of methoxy groups -OCH3 is 1. The quantitative estimate of drug-likeness (QED) is 0.462. The van der Waals surface area contributed by atoms with Gasteiger partial charge < -0.3 is 14.2 Å². The Morgan fingerprint density at radius 3 is 2.47 bits per heavy atom. The van der Waals surface area contributed by atoms with Crippen LogP contribution in [0.3, 0.4) is 0 Å². The Bertz CT molecular complexity index is 1270. The van der Waals surface area contributed by atoms with Crippen molar-refractivity contribution in [3.8, 4) is 17.2 Å². The van der Waals surface area contributed by atoms with E-state index >= 15 is 0 Å². The molecule has 0 atom stereocenters. The van der Waals surface area contributed by atoms with Crippen LogP contribution in [0.5, 0.6) is 17.2 Å². The van der Waals surface area contributed by atoms with Crippen LogP contribution >= 0.6 is 11.8 Å². The van der Waals surface area contributed by atoms with Gasteiger partial charge in [-0.25, -0.2) is 0 Å². The maximum atomic E-state index is 13.5. The number of hydrogen-bond donors (Lipinski definition) is 0. The van der Waals surface area contributed by atoms with Gasteiger partial charge in [-0.05, 0) is 72.3 Å². The van der Waals surface area contributed by atoms with E-state index in [9.17, 15) is 4.79 Å². The van der Waals surface area contributed by atoms with E-state index in [1.165, 1.54) is 11.8 Å². The number of hydrogen-bond acceptors (Lipinski definition) is 6. The van der Waals surface area contributed by atoms with Crippen LogP contribution in [-0.2, 0) is 11.3 Å². The molecule has 172 valence electrons. The Labute approximate surface area is 202 Å². The zero-order valence-electron chi connectivity index (χ0n) is 19.0. The van der Waals surface area contributed by atoms with Gasteiger partial charge in [0.2, 0.25) is 0 Å². The smallest absolute Gasteiger partial charge is 0.271 e. The number of thioether (sulfide) groups is 1. The average Bonchev–Trinajstić information content (AvgIpc) is 3.18. The summed E-state index contributed by atoms with van der Waals surface area (Å²) in [5.41, 5.74) is 3.84. The van der Waals surface area contributed by atoms with Crippen LogP contribution in [0.25, 0.3) is 6.08 Å². The third kappa shape index (κ3) is 4.65. The highest BCUT2D eigenvalue weighted by Gasteiger charge is 2.34. The van der Waals surface area contributed by atoms with Crippen LogP contribution in [0.4, 0.5) is 5.69 Å². The predicted molar refractivity (Wildman–Crippen MR) is 136 cm³/mol. The van der Waals surface area contributed by atoms with Gasteiger partial charge in [0.1, 0.15) is 19.0 Å². The zero-order chi connectivity index (χ0) is 23.5. The second kappa shape index (κ2) is 9.65. The third-order valence-corrected chi connectivity index (χ3v) is 6.53. The fraction of sp³-hybridized carbons (Fsp3) is 0.185. The van der Waals surface area contributed by atoms with Gasteiger partial charge in [-0.1, -0.05) is 35.9 Å². The number of amides is 1. The number of fused-ring (bicyclic) bond motifs is 1. The standard InChI is InChI=1S/C27H24N2O4S/c1-18-3-8-21(9-4-18)29-26(30)25(16-20-7-12-23-24(15-20)33-14-13-32-23)34-27(29)28-17-19-5-10-22(31-2)11-6-19/h3-12,15-16H,13-14,17H2,1-2H3/b25-16-,28-27-. The van der Waals surface area contributed by atoms with Crippen molar-refractivity contribution in [2.75, 3.05) is 25.2 Å². The maximum absolute atomic E-state index is 13.5. The second-order valence-corrected chi connectivity index (χ2v) is 8.95. The average molecular weight is 473 g/mol. The van der Waals surface area contributed by atoms with Gasteiger partial charge in [-0.15, -0.1) is 0 Å². The molecule has 34 heavy (non-hydrogen) atoms. The molecular formula is C27H24N2O4S. The van der Waals surface area contributed by atoms with Crippen LogP contribution in [-0.4, -0.2) is 31.4 Å². The number of ether oxygens (including phenoxy) is 3. The minimum atomic E-state index is -0.0998. The SMILES string of the molecule is COc1ccc(C/N=C2\S/C(=C\c3ccc4c(c3)OCCO4)C(=O)N2c2ccc(C)cc2)cc1. The van der Waals surface area contributed by atoms with Crippen LogP contribution in [0.1, 0.15) is 16.7 Å². The van der Waals surface area contributed by atoms with Crippen LogP contribution in [0.2, 0.25) is 0 Å². The Morgan fingerprint density at radius 2 is 1.74 bits per heavy atom. The highest BCUT2D eigenvalue weighted by molar-refractivity contribution is 8.19. The fourth-order valence-corrected chi connectivity index (χ4v) is 4.67. The van der Waals surface area contributed by atoms with Gasteiger partial charge in [0.05, 0.1) is 24.2 Å². The molecule has 6 nitrogen and oxygen atoms in total. The maximum Gasteiger partial charge on any atom is 0.271 e. The number of amidine groups is 1. The van der Waals surface area contributed by atoms with Gasteiger partial charge in [-0.3, -0.25) is 14.7 Å². The molecule has 0 radical (unpaired) electrons. The molecule has 0 spiro atoms. The molecule has 0 unspecified atom stereocenters.